The zero-order valence-corrected chi connectivity index (χ0v) is 12.1. The lowest BCUT2D eigenvalue weighted by molar-refractivity contribution is 0.0993. The SMILES string of the molecule is CCc1cccc(NC(=O)c2cc3ccccc3c(=O)o2)c1. The highest BCUT2D eigenvalue weighted by atomic mass is 16.4. The van der Waals surface area contributed by atoms with Crippen molar-refractivity contribution in [1.29, 1.82) is 0 Å². The molecule has 4 heteroatoms. The van der Waals surface area contributed by atoms with Gasteiger partial charge in [0.05, 0.1) is 5.39 Å². The number of carbonyl (C=O) groups is 1. The minimum absolute atomic E-state index is 0.00519. The van der Waals surface area contributed by atoms with Gasteiger partial charge in [-0.15, -0.1) is 0 Å². The van der Waals surface area contributed by atoms with Crippen LogP contribution in [0.2, 0.25) is 0 Å². The van der Waals surface area contributed by atoms with E-state index in [1.54, 1.807) is 30.3 Å². The van der Waals surface area contributed by atoms with E-state index < -0.39 is 11.5 Å². The Balaban J connectivity index is 1.93. The lowest BCUT2D eigenvalue weighted by atomic mass is 10.1. The number of benzene rings is 2. The average Bonchev–Trinajstić information content (AvgIpc) is 2.55. The number of nitrogens with one attached hydrogen (secondary N) is 1. The van der Waals surface area contributed by atoms with Crippen LogP contribution in [-0.2, 0) is 6.42 Å². The third-order valence-electron chi connectivity index (χ3n) is 3.49. The Morgan fingerprint density at radius 1 is 1.09 bits per heavy atom. The Morgan fingerprint density at radius 3 is 2.73 bits per heavy atom. The topological polar surface area (TPSA) is 59.3 Å². The maximum absolute atomic E-state index is 12.3. The van der Waals surface area contributed by atoms with Gasteiger partial charge in [-0.3, -0.25) is 4.79 Å². The summed E-state index contributed by atoms with van der Waals surface area (Å²) in [5.74, 6) is -0.429. The largest absolute Gasteiger partial charge is 0.417 e. The first-order valence-electron chi connectivity index (χ1n) is 7.10. The van der Waals surface area contributed by atoms with Gasteiger partial charge in [0.2, 0.25) is 0 Å². The summed E-state index contributed by atoms with van der Waals surface area (Å²) in [6.45, 7) is 2.04. The molecule has 3 aromatic rings. The molecule has 0 aliphatic rings. The molecule has 2 aromatic carbocycles. The van der Waals surface area contributed by atoms with Crippen molar-refractivity contribution in [2.45, 2.75) is 13.3 Å². The third kappa shape index (κ3) is 2.76. The van der Waals surface area contributed by atoms with Gasteiger partial charge in [0, 0.05) is 5.69 Å². The van der Waals surface area contributed by atoms with E-state index in [0.29, 0.717) is 16.5 Å². The van der Waals surface area contributed by atoms with Gasteiger partial charge in [-0.05, 0) is 41.6 Å². The second kappa shape index (κ2) is 5.85. The quantitative estimate of drug-likeness (QED) is 0.802. The van der Waals surface area contributed by atoms with Gasteiger partial charge in [0.15, 0.2) is 5.76 Å². The van der Waals surface area contributed by atoms with E-state index in [0.717, 1.165) is 12.0 Å². The third-order valence-corrected chi connectivity index (χ3v) is 3.49. The van der Waals surface area contributed by atoms with Crippen molar-refractivity contribution in [3.8, 4) is 0 Å². The van der Waals surface area contributed by atoms with Gasteiger partial charge in [0.1, 0.15) is 0 Å². The highest BCUT2D eigenvalue weighted by molar-refractivity contribution is 6.03. The molecule has 4 nitrogen and oxygen atoms in total. The lowest BCUT2D eigenvalue weighted by Gasteiger charge is -2.06. The molecular weight excluding hydrogens is 278 g/mol. The van der Waals surface area contributed by atoms with Gasteiger partial charge >= 0.3 is 5.63 Å². The van der Waals surface area contributed by atoms with E-state index in [1.165, 1.54) is 0 Å². The number of amides is 1. The summed E-state index contributed by atoms with van der Waals surface area (Å²) in [5, 5.41) is 3.90. The molecule has 0 bridgehead atoms. The number of hydrogen-bond acceptors (Lipinski definition) is 3. The van der Waals surface area contributed by atoms with E-state index in [2.05, 4.69) is 5.32 Å². The maximum Gasteiger partial charge on any atom is 0.344 e. The minimum Gasteiger partial charge on any atom is -0.417 e. The molecule has 0 fully saturated rings. The normalized spacial score (nSPS) is 10.6. The Labute approximate surface area is 127 Å². The molecule has 22 heavy (non-hydrogen) atoms. The van der Waals surface area contributed by atoms with Crippen LogP contribution in [0.5, 0.6) is 0 Å². The van der Waals surface area contributed by atoms with Gasteiger partial charge < -0.3 is 9.73 Å². The summed E-state index contributed by atoms with van der Waals surface area (Å²) in [5.41, 5.74) is 1.29. The summed E-state index contributed by atoms with van der Waals surface area (Å²) in [7, 11) is 0. The zero-order chi connectivity index (χ0) is 15.5. The highest BCUT2D eigenvalue weighted by Crippen LogP contribution is 2.15. The minimum atomic E-state index is -0.509. The molecule has 1 N–H and O–H groups in total. The molecule has 3 rings (SSSR count). The van der Waals surface area contributed by atoms with Crippen molar-refractivity contribution < 1.29 is 9.21 Å². The lowest BCUT2D eigenvalue weighted by Crippen LogP contribution is -2.15. The standard InChI is InChI=1S/C18H15NO3/c1-2-12-6-5-8-14(10-12)19-17(20)16-11-13-7-3-4-9-15(13)18(21)22-16/h3-11H,2H2,1H3,(H,19,20). The predicted molar refractivity (Wildman–Crippen MR) is 86.3 cm³/mol. The Kier molecular flexibility index (Phi) is 3.74. The molecule has 0 atom stereocenters. The van der Waals surface area contributed by atoms with Gasteiger partial charge in [-0.2, -0.15) is 0 Å². The first-order valence-corrected chi connectivity index (χ1v) is 7.10. The van der Waals surface area contributed by atoms with E-state index in [9.17, 15) is 9.59 Å². The van der Waals surface area contributed by atoms with Gasteiger partial charge in [-0.1, -0.05) is 37.3 Å². The number of rotatable bonds is 3. The monoisotopic (exact) mass is 293 g/mol. The Morgan fingerprint density at radius 2 is 1.91 bits per heavy atom. The predicted octanol–water partition coefficient (Wildman–Crippen LogP) is 3.61. The fourth-order valence-electron chi connectivity index (χ4n) is 2.31. The van der Waals surface area contributed by atoms with E-state index in [4.69, 9.17) is 4.42 Å². The van der Waals surface area contributed by atoms with Crippen molar-refractivity contribution in [1.82, 2.24) is 0 Å². The smallest absolute Gasteiger partial charge is 0.344 e. The first-order chi connectivity index (χ1) is 10.7. The molecule has 0 aliphatic heterocycles. The van der Waals surface area contributed by atoms with Crippen molar-refractivity contribution in [3.05, 3.63) is 76.3 Å². The van der Waals surface area contributed by atoms with E-state index in [-0.39, 0.29) is 5.76 Å². The van der Waals surface area contributed by atoms with Crippen LogP contribution in [0.25, 0.3) is 10.8 Å². The maximum atomic E-state index is 12.3. The average molecular weight is 293 g/mol. The van der Waals surface area contributed by atoms with Crippen molar-refractivity contribution in [2.24, 2.45) is 0 Å². The van der Waals surface area contributed by atoms with Crippen LogP contribution in [0.1, 0.15) is 23.0 Å². The summed E-state index contributed by atoms with van der Waals surface area (Å²) in [6, 6.07) is 16.2. The van der Waals surface area contributed by atoms with Crippen LogP contribution in [0, 0.1) is 0 Å². The fourth-order valence-corrected chi connectivity index (χ4v) is 2.31. The molecule has 0 radical (unpaired) electrons. The number of anilines is 1. The van der Waals surface area contributed by atoms with Crippen LogP contribution in [0.3, 0.4) is 0 Å². The molecule has 1 amide bonds. The number of fused-ring (bicyclic) bond motifs is 1. The number of aryl methyl sites for hydroxylation is 1. The van der Waals surface area contributed by atoms with Gasteiger partial charge in [-0.25, -0.2) is 4.79 Å². The van der Waals surface area contributed by atoms with Crippen molar-refractivity contribution in [3.63, 3.8) is 0 Å². The number of carbonyl (C=O) groups excluding carboxylic acids is 1. The molecule has 1 heterocycles. The molecule has 0 aliphatic carbocycles. The van der Waals surface area contributed by atoms with Crippen LogP contribution >= 0.6 is 0 Å². The molecule has 0 saturated carbocycles. The first kappa shape index (κ1) is 14.1. The van der Waals surface area contributed by atoms with E-state index >= 15 is 0 Å². The van der Waals surface area contributed by atoms with Crippen molar-refractivity contribution >= 4 is 22.4 Å². The summed E-state index contributed by atoms with van der Waals surface area (Å²) in [6.07, 6.45) is 0.884. The fraction of sp³-hybridized carbons (Fsp3) is 0.111. The summed E-state index contributed by atoms with van der Waals surface area (Å²) in [4.78, 5) is 24.2. The molecule has 1 aromatic heterocycles. The molecule has 0 saturated heterocycles. The molecular formula is C18H15NO3. The van der Waals surface area contributed by atoms with Crippen LogP contribution < -0.4 is 10.9 Å². The second-order valence-corrected chi connectivity index (χ2v) is 4.99. The Bertz CT molecular complexity index is 896. The van der Waals surface area contributed by atoms with Crippen LogP contribution in [0.15, 0.2) is 63.8 Å². The van der Waals surface area contributed by atoms with Crippen LogP contribution in [0.4, 0.5) is 5.69 Å². The summed E-state index contributed by atoms with van der Waals surface area (Å²) < 4.78 is 5.11. The van der Waals surface area contributed by atoms with Crippen molar-refractivity contribution in [2.75, 3.05) is 5.32 Å². The van der Waals surface area contributed by atoms with E-state index in [1.807, 2.05) is 31.2 Å². The second-order valence-electron chi connectivity index (χ2n) is 4.99. The summed E-state index contributed by atoms with van der Waals surface area (Å²) >= 11 is 0. The molecule has 0 spiro atoms. The van der Waals surface area contributed by atoms with Gasteiger partial charge in [0.25, 0.3) is 5.91 Å². The number of hydrogen-bond donors (Lipinski definition) is 1. The Hall–Kier alpha value is -2.88. The molecule has 0 unspecified atom stereocenters. The molecule has 110 valence electrons. The zero-order valence-electron chi connectivity index (χ0n) is 12.1. The highest BCUT2D eigenvalue weighted by Gasteiger charge is 2.12. The van der Waals surface area contributed by atoms with Crippen LogP contribution in [-0.4, -0.2) is 5.91 Å².